The molecule has 0 unspecified atom stereocenters. The average Bonchev–Trinajstić information content (AvgIpc) is 3.71. The van der Waals surface area contributed by atoms with E-state index in [1.807, 2.05) is 6.07 Å². The summed E-state index contributed by atoms with van der Waals surface area (Å²) < 4.78 is 2.34. The van der Waals surface area contributed by atoms with Gasteiger partial charge in [0, 0.05) is 49.7 Å². The fraction of sp³-hybridized carbons (Fsp3) is 0. The number of aromatic nitrogens is 4. The summed E-state index contributed by atoms with van der Waals surface area (Å²) in [6, 6.07) is 81.5. The molecule has 0 aliphatic rings. The first-order valence-electron chi connectivity index (χ1n) is 21.4. The highest BCUT2D eigenvalue weighted by Crippen LogP contribution is 2.42. The summed E-state index contributed by atoms with van der Waals surface area (Å²) in [6.07, 6.45) is 0. The van der Waals surface area contributed by atoms with Crippen LogP contribution in [0.25, 0.3) is 117 Å². The Morgan fingerprint density at radius 2 is 0.810 bits per heavy atom. The van der Waals surface area contributed by atoms with Crippen LogP contribution in [0.4, 0.5) is 0 Å². The van der Waals surface area contributed by atoms with Crippen molar-refractivity contribution in [3.05, 3.63) is 231 Å². The molecule has 12 rings (SSSR count). The zero-order valence-corrected chi connectivity index (χ0v) is 34.2. The van der Waals surface area contributed by atoms with Crippen molar-refractivity contribution in [2.24, 2.45) is 0 Å². The number of nitrogens with zero attached hydrogens (tertiary/aromatic N) is 4. The van der Waals surface area contributed by atoms with E-state index in [2.05, 4.69) is 229 Å². The van der Waals surface area contributed by atoms with E-state index in [0.717, 1.165) is 94.6 Å². The van der Waals surface area contributed by atoms with E-state index in [9.17, 15) is 0 Å². The van der Waals surface area contributed by atoms with Crippen LogP contribution < -0.4 is 0 Å². The van der Waals surface area contributed by atoms with Gasteiger partial charge in [0.15, 0.2) is 5.82 Å². The van der Waals surface area contributed by atoms with Crippen molar-refractivity contribution in [1.29, 1.82) is 0 Å². The molecule has 0 saturated carbocycles. The molecule has 294 valence electrons. The second-order valence-corrected chi connectivity index (χ2v) is 16.0. The highest BCUT2D eigenvalue weighted by Gasteiger charge is 2.19. The fourth-order valence-electron chi connectivity index (χ4n) is 9.22. The zero-order valence-electron chi connectivity index (χ0n) is 34.2. The van der Waals surface area contributed by atoms with Gasteiger partial charge in [-0.2, -0.15) is 0 Å². The van der Waals surface area contributed by atoms with Gasteiger partial charge in [-0.05, 0) is 76.0 Å². The molecule has 4 nitrogen and oxygen atoms in total. The first-order valence-corrected chi connectivity index (χ1v) is 21.4. The predicted octanol–water partition coefficient (Wildman–Crippen LogP) is 15.3. The summed E-state index contributed by atoms with van der Waals surface area (Å²) >= 11 is 0. The lowest BCUT2D eigenvalue weighted by Crippen LogP contribution is -1.98. The molecule has 0 radical (unpaired) electrons. The maximum absolute atomic E-state index is 5.51. The van der Waals surface area contributed by atoms with Gasteiger partial charge in [0.2, 0.25) is 0 Å². The quantitative estimate of drug-likeness (QED) is 0.151. The molecule has 0 amide bonds. The number of para-hydroxylation sites is 2. The van der Waals surface area contributed by atoms with Crippen LogP contribution in [0, 0.1) is 0 Å². The second kappa shape index (κ2) is 15.2. The first kappa shape index (κ1) is 36.4. The Bertz CT molecular complexity index is 3620. The van der Waals surface area contributed by atoms with Gasteiger partial charge in [0.25, 0.3) is 0 Å². The van der Waals surface area contributed by atoms with Crippen molar-refractivity contribution in [2.75, 3.05) is 0 Å². The van der Waals surface area contributed by atoms with E-state index in [0.29, 0.717) is 5.82 Å². The van der Waals surface area contributed by atoms with Gasteiger partial charge in [0.05, 0.1) is 33.6 Å². The smallest absolute Gasteiger partial charge is 0.160 e. The van der Waals surface area contributed by atoms with E-state index in [-0.39, 0.29) is 0 Å². The lowest BCUT2D eigenvalue weighted by atomic mass is 9.90. The molecule has 3 aromatic heterocycles. The third kappa shape index (κ3) is 6.44. The largest absolute Gasteiger partial charge is 0.309 e. The predicted molar refractivity (Wildman–Crippen MR) is 262 cm³/mol. The van der Waals surface area contributed by atoms with E-state index in [4.69, 9.17) is 15.0 Å². The molecule has 12 aromatic rings. The number of hydrogen-bond acceptors (Lipinski definition) is 3. The SMILES string of the molecule is c1ccc(-c2cc(-c3cccc(-c4cc5ccccc5c5c(-c6ccccc6)cc(-c6ccccc6)nc45)c3)nc(-c3cccc(-n4c5ccccc5c5ccccc54)c3)n2)cc1. The molecule has 0 fully saturated rings. The van der Waals surface area contributed by atoms with Crippen LogP contribution in [0.1, 0.15) is 0 Å². The topological polar surface area (TPSA) is 43.6 Å². The normalized spacial score (nSPS) is 11.5. The van der Waals surface area contributed by atoms with Gasteiger partial charge in [0.1, 0.15) is 0 Å². The number of fused-ring (bicyclic) bond motifs is 6. The minimum Gasteiger partial charge on any atom is -0.309 e. The Hall–Kier alpha value is -8.47. The van der Waals surface area contributed by atoms with Crippen molar-refractivity contribution in [1.82, 2.24) is 19.5 Å². The highest BCUT2D eigenvalue weighted by atomic mass is 15.0. The van der Waals surface area contributed by atoms with Crippen LogP contribution in [0.2, 0.25) is 0 Å². The van der Waals surface area contributed by atoms with Crippen LogP contribution in [0.5, 0.6) is 0 Å². The summed E-state index contributed by atoms with van der Waals surface area (Å²) in [5.74, 6) is 0.664. The van der Waals surface area contributed by atoms with Gasteiger partial charge in [-0.15, -0.1) is 0 Å². The van der Waals surface area contributed by atoms with Crippen molar-refractivity contribution >= 4 is 43.5 Å². The van der Waals surface area contributed by atoms with E-state index >= 15 is 0 Å². The third-order valence-corrected chi connectivity index (χ3v) is 12.2. The Balaban J connectivity index is 1.05. The monoisotopic (exact) mass is 802 g/mol. The van der Waals surface area contributed by atoms with Crippen LogP contribution >= 0.6 is 0 Å². The maximum Gasteiger partial charge on any atom is 0.160 e. The number of hydrogen-bond donors (Lipinski definition) is 0. The molecule has 0 N–H and O–H groups in total. The molecule has 3 heterocycles. The highest BCUT2D eigenvalue weighted by molar-refractivity contribution is 6.18. The Kier molecular flexibility index (Phi) is 8.79. The van der Waals surface area contributed by atoms with E-state index < -0.39 is 0 Å². The number of pyridine rings is 1. The number of benzene rings is 9. The van der Waals surface area contributed by atoms with E-state index in [1.165, 1.54) is 16.2 Å². The average molecular weight is 803 g/mol. The van der Waals surface area contributed by atoms with Crippen LogP contribution in [-0.4, -0.2) is 19.5 Å². The standard InChI is InChI=1S/C59H38N4/c1-4-18-39(19-5-1)50-37-52(40-20-6-2-7-21-40)60-58-51(36-43-24-10-11-29-47(43)57(50)58)42-25-16-26-44(34-42)54-38-53(41-22-8-3-9-23-41)61-59(62-54)45-27-17-28-46(35-45)63-55-32-14-12-30-48(55)49-31-13-15-33-56(49)63/h1-38H. The van der Waals surface area contributed by atoms with Crippen LogP contribution in [-0.2, 0) is 0 Å². The van der Waals surface area contributed by atoms with Crippen molar-refractivity contribution in [2.45, 2.75) is 0 Å². The molecule has 0 atom stereocenters. The molecular formula is C59H38N4. The summed E-state index contributed by atoms with van der Waals surface area (Å²) in [4.78, 5) is 16.1. The molecule has 9 aromatic carbocycles. The lowest BCUT2D eigenvalue weighted by Gasteiger charge is -2.17. The summed E-state index contributed by atoms with van der Waals surface area (Å²) in [5, 5.41) is 5.93. The molecule has 0 spiro atoms. The summed E-state index contributed by atoms with van der Waals surface area (Å²) in [6.45, 7) is 0. The lowest BCUT2D eigenvalue weighted by molar-refractivity contribution is 1.16. The van der Waals surface area contributed by atoms with Crippen molar-refractivity contribution in [3.63, 3.8) is 0 Å². The summed E-state index contributed by atoms with van der Waals surface area (Å²) in [7, 11) is 0. The molecule has 0 aliphatic heterocycles. The molecule has 0 bridgehead atoms. The molecule has 0 saturated heterocycles. The molecule has 63 heavy (non-hydrogen) atoms. The third-order valence-electron chi connectivity index (χ3n) is 12.2. The van der Waals surface area contributed by atoms with Crippen LogP contribution in [0.15, 0.2) is 231 Å². The Labute approximate surface area is 365 Å². The van der Waals surface area contributed by atoms with Gasteiger partial charge in [-0.1, -0.05) is 182 Å². The zero-order chi connectivity index (χ0) is 41.7. The van der Waals surface area contributed by atoms with Gasteiger partial charge in [-0.25, -0.2) is 15.0 Å². The van der Waals surface area contributed by atoms with Gasteiger partial charge in [-0.3, -0.25) is 0 Å². The molecule has 0 aliphatic carbocycles. The van der Waals surface area contributed by atoms with Crippen molar-refractivity contribution < 1.29 is 0 Å². The minimum absolute atomic E-state index is 0.664. The maximum atomic E-state index is 5.51. The Morgan fingerprint density at radius 3 is 1.49 bits per heavy atom. The second-order valence-electron chi connectivity index (χ2n) is 16.0. The first-order chi connectivity index (χ1) is 31.2. The number of rotatable bonds is 7. The minimum atomic E-state index is 0.664. The Morgan fingerprint density at radius 1 is 0.302 bits per heavy atom. The molecule has 4 heteroatoms. The van der Waals surface area contributed by atoms with Gasteiger partial charge >= 0.3 is 0 Å². The van der Waals surface area contributed by atoms with Crippen molar-refractivity contribution in [3.8, 4) is 73.1 Å². The van der Waals surface area contributed by atoms with Crippen LogP contribution in [0.3, 0.4) is 0 Å². The molecular weight excluding hydrogens is 765 g/mol. The fourth-order valence-corrected chi connectivity index (χ4v) is 9.22. The van der Waals surface area contributed by atoms with E-state index in [1.54, 1.807) is 0 Å². The van der Waals surface area contributed by atoms with Gasteiger partial charge < -0.3 is 4.57 Å². The summed E-state index contributed by atoms with van der Waals surface area (Å²) in [5.41, 5.74) is 15.5.